The standard InChI is InChI=1S/C17H21N3O4/c1-11-3-4-12(2)13(9-11)24-10-14(21)20-7-5-17(6-8-20)15(22)18-16(23)19-17/h3-4,9H,5-8,10H2,1-2H3,(H2,18,19,22,23). The predicted octanol–water partition coefficient (Wildman–Crippen LogP) is 0.883. The molecule has 0 aromatic heterocycles. The van der Waals surface area contributed by atoms with Crippen LogP contribution in [0.4, 0.5) is 4.79 Å². The maximum atomic E-state index is 12.3. The first-order valence-corrected chi connectivity index (χ1v) is 8.01. The van der Waals surface area contributed by atoms with E-state index in [9.17, 15) is 14.4 Å². The summed E-state index contributed by atoms with van der Waals surface area (Å²) >= 11 is 0. The Bertz CT molecular complexity index is 693. The Labute approximate surface area is 140 Å². The highest BCUT2D eigenvalue weighted by Crippen LogP contribution is 2.26. The number of imide groups is 1. The molecule has 2 aliphatic heterocycles. The molecule has 0 aliphatic carbocycles. The SMILES string of the molecule is Cc1ccc(C)c(OCC(=O)N2CCC3(CC2)NC(=O)NC3=O)c1. The van der Waals surface area contributed by atoms with Gasteiger partial charge in [-0.15, -0.1) is 0 Å². The van der Waals surface area contributed by atoms with Gasteiger partial charge in [-0.1, -0.05) is 12.1 Å². The average molecular weight is 331 g/mol. The second-order valence-electron chi connectivity index (χ2n) is 6.43. The molecule has 0 bridgehead atoms. The minimum absolute atomic E-state index is 0.0319. The van der Waals surface area contributed by atoms with Crippen molar-refractivity contribution < 1.29 is 19.1 Å². The highest BCUT2D eigenvalue weighted by Gasteiger charge is 2.48. The molecule has 2 saturated heterocycles. The molecule has 2 fully saturated rings. The van der Waals surface area contributed by atoms with E-state index in [4.69, 9.17) is 4.74 Å². The van der Waals surface area contributed by atoms with Crippen LogP contribution in [0.3, 0.4) is 0 Å². The number of carbonyl (C=O) groups is 3. The fourth-order valence-electron chi connectivity index (χ4n) is 3.11. The summed E-state index contributed by atoms with van der Waals surface area (Å²) in [4.78, 5) is 37.2. The Balaban J connectivity index is 1.55. The summed E-state index contributed by atoms with van der Waals surface area (Å²) in [6.45, 7) is 4.71. The molecule has 1 aromatic rings. The quantitative estimate of drug-likeness (QED) is 0.805. The lowest BCUT2D eigenvalue weighted by molar-refractivity contribution is -0.137. The molecular formula is C17H21N3O4. The van der Waals surface area contributed by atoms with Crippen molar-refractivity contribution in [3.63, 3.8) is 0 Å². The Morgan fingerprint density at radius 1 is 1.25 bits per heavy atom. The molecule has 4 amide bonds. The lowest BCUT2D eigenvalue weighted by Gasteiger charge is -2.36. The Hall–Kier alpha value is -2.57. The number of nitrogens with one attached hydrogen (secondary N) is 2. The molecule has 0 unspecified atom stereocenters. The van der Waals surface area contributed by atoms with E-state index < -0.39 is 11.6 Å². The molecule has 7 heteroatoms. The molecule has 0 atom stereocenters. The smallest absolute Gasteiger partial charge is 0.322 e. The molecule has 24 heavy (non-hydrogen) atoms. The molecule has 7 nitrogen and oxygen atoms in total. The number of ether oxygens (including phenoxy) is 1. The third-order valence-electron chi connectivity index (χ3n) is 4.68. The second kappa shape index (κ2) is 6.14. The van der Waals surface area contributed by atoms with Crippen LogP contribution in [0, 0.1) is 13.8 Å². The van der Waals surface area contributed by atoms with Crippen molar-refractivity contribution in [1.29, 1.82) is 0 Å². The van der Waals surface area contributed by atoms with Crippen molar-refractivity contribution in [3.8, 4) is 5.75 Å². The number of rotatable bonds is 3. The number of benzene rings is 1. The van der Waals surface area contributed by atoms with E-state index in [1.54, 1.807) is 4.90 Å². The number of likely N-dealkylation sites (tertiary alicyclic amines) is 1. The van der Waals surface area contributed by atoms with Gasteiger partial charge >= 0.3 is 6.03 Å². The number of aryl methyl sites for hydroxylation is 2. The van der Waals surface area contributed by atoms with Crippen molar-refractivity contribution in [2.45, 2.75) is 32.2 Å². The van der Waals surface area contributed by atoms with Crippen LogP contribution in [0.2, 0.25) is 0 Å². The third kappa shape index (κ3) is 3.06. The number of amides is 4. The van der Waals surface area contributed by atoms with Gasteiger partial charge in [-0.05, 0) is 43.9 Å². The first kappa shape index (κ1) is 16.3. The predicted molar refractivity (Wildman–Crippen MR) is 86.6 cm³/mol. The molecule has 2 heterocycles. The van der Waals surface area contributed by atoms with Crippen molar-refractivity contribution >= 4 is 17.8 Å². The first-order chi connectivity index (χ1) is 11.4. The van der Waals surface area contributed by atoms with Gasteiger partial charge in [0.15, 0.2) is 6.61 Å². The van der Waals surface area contributed by atoms with E-state index in [1.807, 2.05) is 32.0 Å². The number of piperidine rings is 1. The van der Waals surface area contributed by atoms with E-state index in [0.717, 1.165) is 11.1 Å². The van der Waals surface area contributed by atoms with Crippen LogP contribution in [-0.2, 0) is 9.59 Å². The van der Waals surface area contributed by atoms with E-state index in [0.29, 0.717) is 31.7 Å². The van der Waals surface area contributed by atoms with Crippen LogP contribution >= 0.6 is 0 Å². The number of hydrogen-bond donors (Lipinski definition) is 2. The number of carbonyl (C=O) groups excluding carboxylic acids is 3. The number of nitrogens with zero attached hydrogens (tertiary/aromatic N) is 1. The highest BCUT2D eigenvalue weighted by molar-refractivity contribution is 6.07. The largest absolute Gasteiger partial charge is 0.483 e. The molecule has 1 spiro atoms. The Morgan fingerprint density at radius 3 is 2.58 bits per heavy atom. The fourth-order valence-corrected chi connectivity index (χ4v) is 3.11. The molecule has 0 saturated carbocycles. The molecule has 2 aliphatic rings. The van der Waals surface area contributed by atoms with Crippen LogP contribution < -0.4 is 15.4 Å². The van der Waals surface area contributed by atoms with Crippen LogP contribution in [0.5, 0.6) is 5.75 Å². The van der Waals surface area contributed by atoms with Gasteiger partial charge in [-0.3, -0.25) is 14.9 Å². The lowest BCUT2D eigenvalue weighted by Crippen LogP contribution is -2.56. The maximum absolute atomic E-state index is 12.3. The second-order valence-corrected chi connectivity index (χ2v) is 6.43. The van der Waals surface area contributed by atoms with E-state index in [2.05, 4.69) is 10.6 Å². The first-order valence-electron chi connectivity index (χ1n) is 8.01. The van der Waals surface area contributed by atoms with E-state index in [1.165, 1.54) is 0 Å². The van der Waals surface area contributed by atoms with Crippen molar-refractivity contribution in [3.05, 3.63) is 29.3 Å². The zero-order valence-electron chi connectivity index (χ0n) is 13.8. The van der Waals surface area contributed by atoms with Crippen LogP contribution in [0.1, 0.15) is 24.0 Å². The zero-order chi connectivity index (χ0) is 17.3. The maximum Gasteiger partial charge on any atom is 0.322 e. The molecule has 1 aromatic carbocycles. The van der Waals surface area contributed by atoms with Gasteiger partial charge in [-0.2, -0.15) is 0 Å². The Kier molecular flexibility index (Phi) is 4.17. The van der Waals surface area contributed by atoms with Gasteiger partial charge in [-0.25, -0.2) is 4.79 Å². The minimum atomic E-state index is -0.859. The summed E-state index contributed by atoms with van der Waals surface area (Å²) in [5.74, 6) is 0.293. The summed E-state index contributed by atoms with van der Waals surface area (Å²) in [7, 11) is 0. The van der Waals surface area contributed by atoms with Crippen LogP contribution in [0.25, 0.3) is 0 Å². The lowest BCUT2D eigenvalue weighted by atomic mass is 9.88. The zero-order valence-corrected chi connectivity index (χ0v) is 13.8. The van der Waals surface area contributed by atoms with Crippen molar-refractivity contribution in [1.82, 2.24) is 15.5 Å². The molecule has 0 radical (unpaired) electrons. The van der Waals surface area contributed by atoms with E-state index in [-0.39, 0.29) is 18.4 Å². The monoisotopic (exact) mass is 331 g/mol. The van der Waals surface area contributed by atoms with Crippen molar-refractivity contribution in [2.24, 2.45) is 0 Å². The topological polar surface area (TPSA) is 87.7 Å². The normalized spacial score (nSPS) is 19.2. The van der Waals surface area contributed by atoms with E-state index >= 15 is 0 Å². The molecule has 128 valence electrons. The van der Waals surface area contributed by atoms with Crippen LogP contribution in [0.15, 0.2) is 18.2 Å². The summed E-state index contributed by atoms with van der Waals surface area (Å²) in [5, 5.41) is 4.94. The van der Waals surface area contributed by atoms with Gasteiger partial charge in [0, 0.05) is 13.1 Å². The van der Waals surface area contributed by atoms with Crippen LogP contribution in [-0.4, -0.2) is 48.0 Å². The summed E-state index contributed by atoms with van der Waals surface area (Å²) in [5.41, 5.74) is 1.20. The summed E-state index contributed by atoms with van der Waals surface area (Å²) < 4.78 is 5.65. The van der Waals surface area contributed by atoms with Gasteiger partial charge in [0.2, 0.25) is 0 Å². The third-order valence-corrected chi connectivity index (χ3v) is 4.68. The average Bonchev–Trinajstić information content (AvgIpc) is 2.82. The number of hydrogen-bond acceptors (Lipinski definition) is 4. The summed E-state index contributed by atoms with van der Waals surface area (Å²) in [6.07, 6.45) is 0.833. The van der Waals surface area contributed by atoms with Gasteiger partial charge in [0.05, 0.1) is 0 Å². The molecular weight excluding hydrogens is 310 g/mol. The van der Waals surface area contributed by atoms with Crippen molar-refractivity contribution in [2.75, 3.05) is 19.7 Å². The van der Waals surface area contributed by atoms with Gasteiger partial charge in [0.1, 0.15) is 11.3 Å². The Morgan fingerprint density at radius 2 is 1.96 bits per heavy atom. The van der Waals surface area contributed by atoms with Gasteiger partial charge < -0.3 is 15.0 Å². The minimum Gasteiger partial charge on any atom is -0.483 e. The summed E-state index contributed by atoms with van der Waals surface area (Å²) in [6, 6.07) is 5.40. The highest BCUT2D eigenvalue weighted by atomic mass is 16.5. The molecule has 3 rings (SSSR count). The fraction of sp³-hybridized carbons (Fsp3) is 0.471. The molecule has 2 N–H and O–H groups in total. The number of urea groups is 1. The van der Waals surface area contributed by atoms with Gasteiger partial charge in [0.25, 0.3) is 11.8 Å².